The fourth-order valence-corrected chi connectivity index (χ4v) is 1.92. The molecular weight excluding hydrogens is 298 g/mol. The Morgan fingerprint density at radius 3 is 2.83 bits per heavy atom. The zero-order chi connectivity index (χ0) is 13.4. The van der Waals surface area contributed by atoms with Crippen molar-refractivity contribution in [3.8, 4) is 5.75 Å². The molecule has 1 aromatic rings. The summed E-state index contributed by atoms with van der Waals surface area (Å²) in [5.74, 6) is 0.735. The van der Waals surface area contributed by atoms with Gasteiger partial charge in [0.25, 0.3) is 0 Å². The molecule has 1 amide bonds. The molecule has 1 unspecified atom stereocenters. The lowest BCUT2D eigenvalue weighted by molar-refractivity contribution is -0.121. The van der Waals surface area contributed by atoms with Gasteiger partial charge in [0.05, 0.1) is 26.2 Å². The summed E-state index contributed by atoms with van der Waals surface area (Å²) < 4.78 is 10.1. The molecule has 0 saturated carbocycles. The van der Waals surface area contributed by atoms with E-state index >= 15 is 0 Å². The summed E-state index contributed by atoms with van der Waals surface area (Å²) in [4.78, 5) is 11.8. The van der Waals surface area contributed by atoms with Crippen LogP contribution in [0.2, 0.25) is 0 Å². The van der Waals surface area contributed by atoms with Crippen molar-refractivity contribution in [3.05, 3.63) is 29.8 Å². The SMILES string of the molecule is COCC(CBr)NC(=O)Cc1cccc(OC)c1. The molecule has 0 fully saturated rings. The molecule has 0 radical (unpaired) electrons. The second-order valence-corrected chi connectivity index (χ2v) is 4.55. The third kappa shape index (κ3) is 5.06. The van der Waals surface area contributed by atoms with Gasteiger partial charge in [0.1, 0.15) is 5.75 Å². The molecule has 0 aliphatic carbocycles. The summed E-state index contributed by atoms with van der Waals surface area (Å²) in [6.07, 6.45) is 0.338. The number of benzene rings is 1. The summed E-state index contributed by atoms with van der Waals surface area (Å²) in [5, 5.41) is 3.57. The Balaban J connectivity index is 2.52. The number of halogens is 1. The van der Waals surface area contributed by atoms with Gasteiger partial charge in [-0.15, -0.1) is 0 Å². The number of hydrogen-bond donors (Lipinski definition) is 1. The summed E-state index contributed by atoms with van der Waals surface area (Å²) in [5.41, 5.74) is 0.928. The Labute approximate surface area is 116 Å². The zero-order valence-electron chi connectivity index (χ0n) is 10.6. The van der Waals surface area contributed by atoms with E-state index in [4.69, 9.17) is 9.47 Å². The van der Waals surface area contributed by atoms with Crippen molar-refractivity contribution < 1.29 is 14.3 Å². The van der Waals surface area contributed by atoms with E-state index in [0.29, 0.717) is 18.4 Å². The largest absolute Gasteiger partial charge is 0.497 e. The smallest absolute Gasteiger partial charge is 0.224 e. The standard InChI is InChI=1S/C13H18BrNO3/c1-17-9-11(8-14)15-13(16)7-10-4-3-5-12(6-10)18-2/h3-6,11H,7-9H2,1-2H3,(H,15,16). The number of carbonyl (C=O) groups excluding carboxylic acids is 1. The number of nitrogens with one attached hydrogen (secondary N) is 1. The van der Waals surface area contributed by atoms with Gasteiger partial charge in [-0.3, -0.25) is 4.79 Å². The quantitative estimate of drug-likeness (QED) is 0.780. The molecule has 0 bridgehead atoms. The van der Waals surface area contributed by atoms with Gasteiger partial charge in [-0.2, -0.15) is 0 Å². The molecular formula is C13H18BrNO3. The molecule has 1 N–H and O–H groups in total. The summed E-state index contributed by atoms with van der Waals surface area (Å²) in [7, 11) is 3.22. The van der Waals surface area contributed by atoms with Crippen molar-refractivity contribution in [2.45, 2.75) is 12.5 Å². The highest BCUT2D eigenvalue weighted by Crippen LogP contribution is 2.12. The maximum Gasteiger partial charge on any atom is 0.224 e. The van der Waals surface area contributed by atoms with Crippen molar-refractivity contribution >= 4 is 21.8 Å². The average molecular weight is 316 g/mol. The Morgan fingerprint density at radius 2 is 2.22 bits per heavy atom. The molecule has 5 heteroatoms. The van der Waals surface area contributed by atoms with Gasteiger partial charge in [-0.25, -0.2) is 0 Å². The minimum absolute atomic E-state index is 0.00638. The Bertz CT molecular complexity index is 384. The van der Waals surface area contributed by atoms with E-state index in [2.05, 4.69) is 21.2 Å². The number of carbonyl (C=O) groups is 1. The topological polar surface area (TPSA) is 47.6 Å². The first kappa shape index (κ1) is 15.0. The monoisotopic (exact) mass is 315 g/mol. The van der Waals surface area contributed by atoms with Crippen LogP contribution < -0.4 is 10.1 Å². The zero-order valence-corrected chi connectivity index (χ0v) is 12.2. The van der Waals surface area contributed by atoms with Gasteiger partial charge >= 0.3 is 0 Å². The van der Waals surface area contributed by atoms with Crippen molar-refractivity contribution in [1.29, 1.82) is 0 Å². The fraction of sp³-hybridized carbons (Fsp3) is 0.462. The second kappa shape index (κ2) is 8.11. The van der Waals surface area contributed by atoms with Crippen LogP contribution >= 0.6 is 15.9 Å². The molecule has 0 aliphatic heterocycles. The molecule has 1 aromatic carbocycles. The van der Waals surface area contributed by atoms with Crippen LogP contribution in [0.3, 0.4) is 0 Å². The molecule has 4 nitrogen and oxygen atoms in total. The molecule has 0 saturated heterocycles. The lowest BCUT2D eigenvalue weighted by Gasteiger charge is -2.15. The first-order chi connectivity index (χ1) is 8.69. The van der Waals surface area contributed by atoms with Crippen LogP contribution in [0.4, 0.5) is 0 Å². The van der Waals surface area contributed by atoms with Gasteiger partial charge in [-0.1, -0.05) is 28.1 Å². The second-order valence-electron chi connectivity index (χ2n) is 3.90. The molecule has 0 aromatic heterocycles. The van der Waals surface area contributed by atoms with E-state index in [1.165, 1.54) is 0 Å². The van der Waals surface area contributed by atoms with Crippen LogP contribution in [0.5, 0.6) is 5.75 Å². The number of rotatable bonds is 7. The Kier molecular flexibility index (Phi) is 6.75. The van der Waals surface area contributed by atoms with E-state index < -0.39 is 0 Å². The van der Waals surface area contributed by atoms with Crippen LogP contribution in [-0.2, 0) is 16.0 Å². The molecule has 0 heterocycles. The van der Waals surface area contributed by atoms with E-state index in [0.717, 1.165) is 11.3 Å². The fourth-order valence-electron chi connectivity index (χ4n) is 1.57. The van der Waals surface area contributed by atoms with Crippen molar-refractivity contribution in [1.82, 2.24) is 5.32 Å². The number of amides is 1. The highest BCUT2D eigenvalue weighted by molar-refractivity contribution is 9.09. The third-order valence-corrected chi connectivity index (χ3v) is 3.20. The van der Waals surface area contributed by atoms with E-state index in [-0.39, 0.29) is 11.9 Å². The number of alkyl halides is 1. The van der Waals surface area contributed by atoms with Gasteiger partial charge in [0, 0.05) is 12.4 Å². The minimum Gasteiger partial charge on any atom is -0.497 e. The number of methoxy groups -OCH3 is 2. The lowest BCUT2D eigenvalue weighted by Crippen LogP contribution is -2.40. The highest BCUT2D eigenvalue weighted by atomic mass is 79.9. The van der Waals surface area contributed by atoms with Crippen LogP contribution in [0.1, 0.15) is 5.56 Å². The van der Waals surface area contributed by atoms with Gasteiger partial charge < -0.3 is 14.8 Å². The third-order valence-electron chi connectivity index (χ3n) is 2.42. The molecule has 1 atom stereocenters. The van der Waals surface area contributed by atoms with Gasteiger partial charge in [-0.05, 0) is 17.7 Å². The molecule has 0 spiro atoms. The number of hydrogen-bond acceptors (Lipinski definition) is 3. The minimum atomic E-state index is -0.0234. The number of ether oxygens (including phenoxy) is 2. The predicted molar refractivity (Wildman–Crippen MR) is 74.3 cm³/mol. The lowest BCUT2D eigenvalue weighted by atomic mass is 10.1. The van der Waals surface area contributed by atoms with Gasteiger partial charge in [0.15, 0.2) is 0 Å². The van der Waals surface area contributed by atoms with E-state index in [1.807, 2.05) is 24.3 Å². The first-order valence-corrected chi connectivity index (χ1v) is 6.79. The Morgan fingerprint density at radius 1 is 1.44 bits per heavy atom. The maximum absolute atomic E-state index is 11.8. The summed E-state index contributed by atoms with van der Waals surface area (Å²) in [6, 6.07) is 7.49. The highest BCUT2D eigenvalue weighted by Gasteiger charge is 2.11. The molecule has 100 valence electrons. The van der Waals surface area contributed by atoms with Crippen molar-refractivity contribution in [3.63, 3.8) is 0 Å². The molecule has 1 rings (SSSR count). The summed E-state index contributed by atoms with van der Waals surface area (Å²) >= 11 is 3.34. The van der Waals surface area contributed by atoms with E-state index in [9.17, 15) is 4.79 Å². The average Bonchev–Trinajstić information content (AvgIpc) is 2.38. The van der Waals surface area contributed by atoms with E-state index in [1.54, 1.807) is 14.2 Å². The Hall–Kier alpha value is -1.07. The van der Waals surface area contributed by atoms with Crippen LogP contribution in [0, 0.1) is 0 Å². The van der Waals surface area contributed by atoms with Crippen LogP contribution in [-0.4, -0.2) is 38.1 Å². The first-order valence-electron chi connectivity index (χ1n) is 5.66. The van der Waals surface area contributed by atoms with Crippen molar-refractivity contribution in [2.24, 2.45) is 0 Å². The normalized spacial score (nSPS) is 11.9. The van der Waals surface area contributed by atoms with Crippen molar-refractivity contribution in [2.75, 3.05) is 26.2 Å². The van der Waals surface area contributed by atoms with Crippen LogP contribution in [0.15, 0.2) is 24.3 Å². The molecule has 0 aliphatic rings. The maximum atomic E-state index is 11.8. The van der Waals surface area contributed by atoms with Crippen LogP contribution in [0.25, 0.3) is 0 Å². The molecule has 18 heavy (non-hydrogen) atoms. The summed E-state index contributed by atoms with van der Waals surface area (Å²) in [6.45, 7) is 0.495. The predicted octanol–water partition coefficient (Wildman–Crippen LogP) is 1.76. The van der Waals surface area contributed by atoms with Gasteiger partial charge in [0.2, 0.25) is 5.91 Å².